The smallest absolute Gasteiger partial charge is 0.300 e. The van der Waals surface area contributed by atoms with Crippen molar-refractivity contribution >= 4 is 0 Å². The van der Waals surface area contributed by atoms with Gasteiger partial charge in [0.2, 0.25) is 0 Å². The lowest BCUT2D eigenvalue weighted by atomic mass is 9.76. The molecule has 0 radical (unpaired) electrons. The van der Waals surface area contributed by atoms with Gasteiger partial charge in [-0.3, -0.25) is 9.36 Å². The van der Waals surface area contributed by atoms with Gasteiger partial charge >= 0.3 is 5.69 Å². The molecule has 1 spiro atoms. The van der Waals surface area contributed by atoms with Crippen molar-refractivity contribution in [2.75, 3.05) is 0 Å². The quantitative estimate of drug-likeness (QED) is 0.648. The molecule has 0 bridgehead atoms. The number of allylic oxidation sites excluding steroid dienone is 2. The van der Waals surface area contributed by atoms with Crippen LogP contribution in [0.25, 0.3) is 0 Å². The largest absolute Gasteiger partial charge is 0.330 e. The van der Waals surface area contributed by atoms with E-state index in [1.165, 1.54) is 10.1 Å². The van der Waals surface area contributed by atoms with Crippen LogP contribution in [-0.4, -0.2) is 9.13 Å². The van der Waals surface area contributed by atoms with E-state index in [4.69, 9.17) is 0 Å². The topological polar surface area (TPSA) is 44.0 Å². The van der Waals surface area contributed by atoms with E-state index in [1.807, 2.05) is 0 Å². The molecular weight excluding hydrogens is 240 g/mol. The average Bonchev–Trinajstić information content (AvgIpc) is 2.97. The molecule has 0 saturated heterocycles. The molecule has 3 unspecified atom stereocenters. The standard InChI is InChI=1S/C15H18N2O2/c1-8-5-14(2)11-10(7-15(14)6-9(8)15)16(3)13(19)17(4)12(11)18/h5,9H,6-7H2,1-4H3. The Bertz CT molecular complexity index is 783. The van der Waals surface area contributed by atoms with Crippen LogP contribution in [-0.2, 0) is 25.9 Å². The van der Waals surface area contributed by atoms with E-state index in [0.717, 1.165) is 24.1 Å². The number of rotatable bonds is 0. The zero-order valence-corrected chi connectivity index (χ0v) is 11.8. The Hall–Kier alpha value is -1.58. The molecule has 19 heavy (non-hydrogen) atoms. The summed E-state index contributed by atoms with van der Waals surface area (Å²) in [4.78, 5) is 24.6. The first-order valence-electron chi connectivity index (χ1n) is 6.82. The van der Waals surface area contributed by atoms with Gasteiger partial charge in [0.1, 0.15) is 0 Å². The highest BCUT2D eigenvalue weighted by atomic mass is 16.2. The fourth-order valence-electron chi connectivity index (χ4n) is 4.79. The molecule has 100 valence electrons. The van der Waals surface area contributed by atoms with Crippen LogP contribution in [0, 0.1) is 11.3 Å². The Morgan fingerprint density at radius 2 is 1.95 bits per heavy atom. The molecule has 1 saturated carbocycles. The zero-order valence-electron chi connectivity index (χ0n) is 11.8. The van der Waals surface area contributed by atoms with Gasteiger partial charge < -0.3 is 4.57 Å². The summed E-state index contributed by atoms with van der Waals surface area (Å²) in [5, 5.41) is 0. The molecule has 0 N–H and O–H groups in total. The average molecular weight is 258 g/mol. The second-order valence-corrected chi connectivity index (χ2v) is 6.71. The van der Waals surface area contributed by atoms with Gasteiger partial charge in [0.15, 0.2) is 0 Å². The molecule has 1 heterocycles. The van der Waals surface area contributed by atoms with Gasteiger partial charge in [0, 0.05) is 30.8 Å². The van der Waals surface area contributed by atoms with E-state index in [9.17, 15) is 9.59 Å². The molecular formula is C15H18N2O2. The molecule has 1 fully saturated rings. The predicted molar refractivity (Wildman–Crippen MR) is 72.3 cm³/mol. The van der Waals surface area contributed by atoms with Crippen LogP contribution >= 0.6 is 0 Å². The molecule has 3 aliphatic rings. The van der Waals surface area contributed by atoms with E-state index in [-0.39, 0.29) is 22.1 Å². The lowest BCUT2D eigenvalue weighted by Crippen LogP contribution is -2.42. The first-order valence-corrected chi connectivity index (χ1v) is 6.82. The molecule has 1 aromatic rings. The summed E-state index contributed by atoms with van der Waals surface area (Å²) in [6, 6.07) is 0. The maximum absolute atomic E-state index is 12.6. The number of nitrogens with zero attached hydrogens (tertiary/aromatic N) is 2. The summed E-state index contributed by atoms with van der Waals surface area (Å²) in [5.74, 6) is 0.615. The van der Waals surface area contributed by atoms with Crippen LogP contribution in [0.1, 0.15) is 31.5 Å². The molecule has 0 amide bonds. The van der Waals surface area contributed by atoms with Crippen molar-refractivity contribution < 1.29 is 0 Å². The molecule has 3 aliphatic carbocycles. The van der Waals surface area contributed by atoms with Gasteiger partial charge in [0.05, 0.1) is 0 Å². The maximum Gasteiger partial charge on any atom is 0.330 e. The molecule has 4 nitrogen and oxygen atoms in total. The van der Waals surface area contributed by atoms with Crippen molar-refractivity contribution in [1.29, 1.82) is 0 Å². The lowest BCUT2D eigenvalue weighted by Gasteiger charge is -2.26. The minimum absolute atomic E-state index is 0.103. The van der Waals surface area contributed by atoms with E-state index < -0.39 is 0 Å². The van der Waals surface area contributed by atoms with Gasteiger partial charge in [0.25, 0.3) is 5.56 Å². The molecule has 4 heteroatoms. The third-order valence-corrected chi connectivity index (χ3v) is 5.96. The Morgan fingerprint density at radius 3 is 2.58 bits per heavy atom. The highest BCUT2D eigenvalue weighted by Crippen LogP contribution is 2.75. The maximum atomic E-state index is 12.6. The number of hydrogen-bond acceptors (Lipinski definition) is 2. The van der Waals surface area contributed by atoms with Crippen LogP contribution in [0.15, 0.2) is 21.2 Å². The predicted octanol–water partition coefficient (Wildman–Crippen LogP) is 0.864. The third-order valence-electron chi connectivity index (χ3n) is 5.96. The van der Waals surface area contributed by atoms with Gasteiger partial charge in [-0.15, -0.1) is 0 Å². The Balaban J connectivity index is 2.14. The van der Waals surface area contributed by atoms with Crippen LogP contribution in [0.3, 0.4) is 0 Å². The van der Waals surface area contributed by atoms with Crippen LogP contribution in [0.2, 0.25) is 0 Å². The first kappa shape index (κ1) is 11.3. The Kier molecular flexibility index (Phi) is 1.65. The molecule has 3 atom stereocenters. The monoisotopic (exact) mass is 258 g/mol. The van der Waals surface area contributed by atoms with Crippen molar-refractivity contribution in [1.82, 2.24) is 9.13 Å². The van der Waals surface area contributed by atoms with Gasteiger partial charge in [-0.25, -0.2) is 4.79 Å². The fourth-order valence-corrected chi connectivity index (χ4v) is 4.79. The Morgan fingerprint density at radius 1 is 1.26 bits per heavy atom. The second-order valence-electron chi connectivity index (χ2n) is 6.71. The van der Waals surface area contributed by atoms with E-state index in [0.29, 0.717) is 5.92 Å². The van der Waals surface area contributed by atoms with Crippen molar-refractivity contribution in [2.45, 2.75) is 32.1 Å². The van der Waals surface area contributed by atoms with Crippen molar-refractivity contribution in [2.24, 2.45) is 25.4 Å². The summed E-state index contributed by atoms with van der Waals surface area (Å²) in [5.41, 5.74) is 2.95. The molecule has 0 aliphatic heterocycles. The SMILES string of the molecule is CC1=CC2(C)c3c(n(C)c(=O)n(C)c3=O)CC23CC13. The molecule has 0 aromatic carbocycles. The van der Waals surface area contributed by atoms with Crippen LogP contribution in [0.4, 0.5) is 0 Å². The fraction of sp³-hybridized carbons (Fsp3) is 0.600. The lowest BCUT2D eigenvalue weighted by molar-refractivity contribution is 0.362. The van der Waals surface area contributed by atoms with Gasteiger partial charge in [-0.1, -0.05) is 18.6 Å². The minimum Gasteiger partial charge on any atom is -0.300 e. The van der Waals surface area contributed by atoms with E-state index in [2.05, 4.69) is 19.9 Å². The molecule has 1 aromatic heterocycles. The van der Waals surface area contributed by atoms with Gasteiger partial charge in [-0.2, -0.15) is 0 Å². The summed E-state index contributed by atoms with van der Waals surface area (Å²) in [6.07, 6.45) is 4.32. The van der Waals surface area contributed by atoms with E-state index in [1.54, 1.807) is 18.7 Å². The van der Waals surface area contributed by atoms with E-state index >= 15 is 0 Å². The van der Waals surface area contributed by atoms with Crippen molar-refractivity contribution in [3.63, 3.8) is 0 Å². The third kappa shape index (κ3) is 0.935. The van der Waals surface area contributed by atoms with Crippen molar-refractivity contribution in [3.8, 4) is 0 Å². The normalized spacial score (nSPS) is 37.7. The number of hydrogen-bond donors (Lipinski definition) is 0. The second kappa shape index (κ2) is 2.79. The zero-order chi connectivity index (χ0) is 13.7. The highest BCUT2D eigenvalue weighted by molar-refractivity contribution is 5.54. The highest BCUT2D eigenvalue weighted by Gasteiger charge is 2.72. The summed E-state index contributed by atoms with van der Waals surface area (Å²) in [6.45, 7) is 4.36. The first-order chi connectivity index (χ1) is 8.83. The summed E-state index contributed by atoms with van der Waals surface area (Å²) in [7, 11) is 3.37. The van der Waals surface area contributed by atoms with Gasteiger partial charge in [-0.05, 0) is 31.1 Å². The van der Waals surface area contributed by atoms with Crippen LogP contribution in [0.5, 0.6) is 0 Å². The minimum atomic E-state index is -0.207. The van der Waals surface area contributed by atoms with Crippen molar-refractivity contribution in [3.05, 3.63) is 43.7 Å². The summed E-state index contributed by atoms with van der Waals surface area (Å²) < 4.78 is 2.93. The van der Waals surface area contributed by atoms with Crippen LogP contribution < -0.4 is 11.2 Å². The Labute approximate surface area is 111 Å². The number of aromatic nitrogens is 2. The summed E-state index contributed by atoms with van der Waals surface area (Å²) >= 11 is 0. The number of fused-ring (bicyclic) bond motifs is 2. The molecule has 4 rings (SSSR count).